The van der Waals surface area contributed by atoms with Gasteiger partial charge in [0.2, 0.25) is 0 Å². The number of ether oxygens (including phenoxy) is 1. The van der Waals surface area contributed by atoms with Crippen LogP contribution in [0.5, 0.6) is 5.75 Å². The molecule has 0 spiro atoms. The van der Waals surface area contributed by atoms with E-state index in [2.05, 4.69) is 45.1 Å². The third kappa shape index (κ3) is 3.64. The lowest BCUT2D eigenvalue weighted by molar-refractivity contribution is 0.404. The molecule has 102 valence electrons. The van der Waals surface area contributed by atoms with E-state index in [9.17, 15) is 0 Å². The Hall–Kier alpha value is -1.22. The van der Waals surface area contributed by atoms with Gasteiger partial charge in [-0.25, -0.2) is 0 Å². The molecule has 1 aromatic carbocycles. The summed E-state index contributed by atoms with van der Waals surface area (Å²) < 4.78 is 5.46. The summed E-state index contributed by atoms with van der Waals surface area (Å²) in [7, 11) is 1.71. The maximum Gasteiger partial charge on any atom is 0.144 e. The van der Waals surface area contributed by atoms with E-state index in [4.69, 9.17) is 10.5 Å². The van der Waals surface area contributed by atoms with Crippen LogP contribution in [0.25, 0.3) is 0 Å². The molecule has 0 bridgehead atoms. The van der Waals surface area contributed by atoms with Gasteiger partial charge < -0.3 is 15.8 Å². The van der Waals surface area contributed by atoms with Gasteiger partial charge in [-0.05, 0) is 49.4 Å². The van der Waals surface area contributed by atoms with Gasteiger partial charge in [0.25, 0.3) is 0 Å². The van der Waals surface area contributed by atoms with Crippen molar-refractivity contribution in [2.75, 3.05) is 25.5 Å². The molecule has 1 atom stereocenters. The Labute approximate surface area is 111 Å². The molecule has 18 heavy (non-hydrogen) atoms. The number of aryl methyl sites for hydroxylation is 2. The van der Waals surface area contributed by atoms with Gasteiger partial charge >= 0.3 is 0 Å². The molecule has 0 amide bonds. The number of hydrogen-bond donors (Lipinski definition) is 2. The number of rotatable bonds is 6. The first-order chi connectivity index (χ1) is 8.49. The Morgan fingerprint density at radius 1 is 1.28 bits per heavy atom. The summed E-state index contributed by atoms with van der Waals surface area (Å²) in [6.45, 7) is 10.2. The predicted molar refractivity (Wildman–Crippen MR) is 78.3 cm³/mol. The third-order valence-corrected chi connectivity index (χ3v) is 3.42. The van der Waals surface area contributed by atoms with E-state index in [0.717, 1.165) is 23.5 Å². The van der Waals surface area contributed by atoms with Crippen LogP contribution < -0.4 is 15.8 Å². The fourth-order valence-corrected chi connectivity index (χ4v) is 2.19. The second-order valence-electron chi connectivity index (χ2n) is 5.28. The minimum Gasteiger partial charge on any atom is -0.494 e. The largest absolute Gasteiger partial charge is 0.494 e. The van der Waals surface area contributed by atoms with Crippen LogP contribution in [0.15, 0.2) is 12.1 Å². The Kier molecular flexibility index (Phi) is 5.48. The fraction of sp³-hybridized carbons (Fsp3) is 0.600. The molecule has 0 fully saturated rings. The molecule has 0 aliphatic rings. The lowest BCUT2D eigenvalue weighted by Gasteiger charge is -2.21. The zero-order chi connectivity index (χ0) is 13.7. The smallest absolute Gasteiger partial charge is 0.144 e. The molecule has 0 saturated heterocycles. The van der Waals surface area contributed by atoms with Gasteiger partial charge in [0.1, 0.15) is 5.75 Å². The van der Waals surface area contributed by atoms with Crippen molar-refractivity contribution in [2.24, 2.45) is 17.6 Å². The first kappa shape index (κ1) is 14.8. The third-order valence-electron chi connectivity index (χ3n) is 3.42. The SMILES string of the molecule is COc1c(C)cc(C)cc1NCC(CN)C(C)C. The van der Waals surface area contributed by atoms with Crippen molar-refractivity contribution >= 4 is 5.69 Å². The molecule has 3 nitrogen and oxygen atoms in total. The Morgan fingerprint density at radius 2 is 1.94 bits per heavy atom. The van der Waals surface area contributed by atoms with Crippen molar-refractivity contribution in [3.05, 3.63) is 23.3 Å². The summed E-state index contributed by atoms with van der Waals surface area (Å²) in [5, 5.41) is 3.47. The highest BCUT2D eigenvalue weighted by Gasteiger charge is 2.13. The van der Waals surface area contributed by atoms with E-state index in [1.54, 1.807) is 7.11 Å². The molecule has 0 saturated carbocycles. The highest BCUT2D eigenvalue weighted by atomic mass is 16.5. The minimum absolute atomic E-state index is 0.482. The highest BCUT2D eigenvalue weighted by molar-refractivity contribution is 5.61. The van der Waals surface area contributed by atoms with Crippen molar-refractivity contribution in [1.29, 1.82) is 0 Å². The van der Waals surface area contributed by atoms with Crippen molar-refractivity contribution in [3.8, 4) is 5.75 Å². The normalized spacial score (nSPS) is 12.6. The summed E-state index contributed by atoms with van der Waals surface area (Å²) in [5.74, 6) is 2.00. The van der Waals surface area contributed by atoms with Gasteiger partial charge in [-0.2, -0.15) is 0 Å². The van der Waals surface area contributed by atoms with Gasteiger partial charge in [-0.15, -0.1) is 0 Å². The number of methoxy groups -OCH3 is 1. The molecular formula is C15H26N2O. The van der Waals surface area contributed by atoms with Gasteiger partial charge in [0.15, 0.2) is 0 Å². The van der Waals surface area contributed by atoms with Crippen molar-refractivity contribution in [3.63, 3.8) is 0 Å². The summed E-state index contributed by atoms with van der Waals surface area (Å²) in [6, 6.07) is 4.26. The van der Waals surface area contributed by atoms with Gasteiger partial charge in [0, 0.05) is 6.54 Å². The molecule has 0 aliphatic carbocycles. The lowest BCUT2D eigenvalue weighted by Crippen LogP contribution is -2.27. The number of nitrogens with one attached hydrogen (secondary N) is 1. The van der Waals surface area contributed by atoms with E-state index in [1.165, 1.54) is 5.56 Å². The first-order valence-electron chi connectivity index (χ1n) is 6.58. The Balaban J connectivity index is 2.83. The second-order valence-corrected chi connectivity index (χ2v) is 5.28. The minimum atomic E-state index is 0.482. The molecule has 0 aliphatic heterocycles. The van der Waals surface area contributed by atoms with E-state index in [1.807, 2.05) is 0 Å². The van der Waals surface area contributed by atoms with Crippen LogP contribution in [0.4, 0.5) is 5.69 Å². The monoisotopic (exact) mass is 250 g/mol. The van der Waals surface area contributed by atoms with Gasteiger partial charge in [-0.3, -0.25) is 0 Å². The van der Waals surface area contributed by atoms with E-state index >= 15 is 0 Å². The topological polar surface area (TPSA) is 47.3 Å². The fourth-order valence-electron chi connectivity index (χ4n) is 2.19. The van der Waals surface area contributed by atoms with Crippen molar-refractivity contribution in [2.45, 2.75) is 27.7 Å². The van der Waals surface area contributed by atoms with E-state index in [0.29, 0.717) is 18.4 Å². The number of hydrogen-bond acceptors (Lipinski definition) is 3. The van der Waals surface area contributed by atoms with Crippen molar-refractivity contribution < 1.29 is 4.74 Å². The van der Waals surface area contributed by atoms with E-state index in [-0.39, 0.29) is 0 Å². The van der Waals surface area contributed by atoms with Gasteiger partial charge in [-0.1, -0.05) is 19.9 Å². The summed E-state index contributed by atoms with van der Waals surface area (Å²) >= 11 is 0. The summed E-state index contributed by atoms with van der Waals surface area (Å²) in [4.78, 5) is 0. The molecule has 0 heterocycles. The molecule has 1 aromatic rings. The molecule has 3 N–H and O–H groups in total. The predicted octanol–water partition coefficient (Wildman–Crippen LogP) is 2.95. The van der Waals surface area contributed by atoms with E-state index < -0.39 is 0 Å². The van der Waals surface area contributed by atoms with Gasteiger partial charge in [0.05, 0.1) is 12.8 Å². The van der Waals surface area contributed by atoms with Crippen LogP contribution in [-0.4, -0.2) is 20.2 Å². The Morgan fingerprint density at radius 3 is 2.44 bits per heavy atom. The van der Waals surface area contributed by atoms with Crippen LogP contribution in [0.1, 0.15) is 25.0 Å². The zero-order valence-corrected chi connectivity index (χ0v) is 12.2. The van der Waals surface area contributed by atoms with Crippen LogP contribution in [0, 0.1) is 25.7 Å². The summed E-state index contributed by atoms with van der Waals surface area (Å²) in [5.41, 5.74) is 9.26. The molecule has 1 rings (SSSR count). The van der Waals surface area contributed by atoms with Crippen LogP contribution in [0.2, 0.25) is 0 Å². The maximum atomic E-state index is 5.80. The van der Waals surface area contributed by atoms with Crippen LogP contribution in [-0.2, 0) is 0 Å². The van der Waals surface area contributed by atoms with Crippen molar-refractivity contribution in [1.82, 2.24) is 0 Å². The number of benzene rings is 1. The second kappa shape index (κ2) is 6.64. The molecular weight excluding hydrogens is 224 g/mol. The van der Waals surface area contributed by atoms with Crippen LogP contribution in [0.3, 0.4) is 0 Å². The molecule has 1 unspecified atom stereocenters. The number of nitrogens with two attached hydrogens (primary N) is 1. The molecule has 3 heteroatoms. The highest BCUT2D eigenvalue weighted by Crippen LogP contribution is 2.30. The standard InChI is InChI=1S/C15H26N2O/c1-10(2)13(8-16)9-17-14-7-11(3)6-12(4)15(14)18-5/h6-7,10,13,17H,8-9,16H2,1-5H3. The first-order valence-corrected chi connectivity index (χ1v) is 6.58. The lowest BCUT2D eigenvalue weighted by atomic mass is 9.96. The summed E-state index contributed by atoms with van der Waals surface area (Å²) in [6.07, 6.45) is 0. The van der Waals surface area contributed by atoms with Crippen LogP contribution >= 0.6 is 0 Å². The maximum absolute atomic E-state index is 5.80. The molecule has 0 aromatic heterocycles. The molecule has 0 radical (unpaired) electrons. The number of anilines is 1. The average molecular weight is 250 g/mol. The zero-order valence-electron chi connectivity index (χ0n) is 12.2. The Bertz CT molecular complexity index is 388. The average Bonchev–Trinajstić information content (AvgIpc) is 2.28. The quantitative estimate of drug-likeness (QED) is 0.816.